The van der Waals surface area contributed by atoms with Crippen LogP contribution in [-0.4, -0.2) is 43.8 Å². The molecule has 1 rings (SSSR count). The molecule has 0 fully saturated rings. The van der Waals surface area contributed by atoms with Crippen LogP contribution in [0.3, 0.4) is 0 Å². The van der Waals surface area contributed by atoms with Gasteiger partial charge in [0, 0.05) is 13.0 Å². The summed E-state index contributed by atoms with van der Waals surface area (Å²) in [7, 11) is 0. The summed E-state index contributed by atoms with van der Waals surface area (Å²) in [5.74, 6) is 0.0709. The second-order valence-corrected chi connectivity index (χ2v) is 7.05. The Balaban J connectivity index is 0. The Hall–Kier alpha value is 1.56. The molecule has 0 aliphatic heterocycles. The van der Waals surface area contributed by atoms with Crippen molar-refractivity contribution in [2.24, 2.45) is 5.92 Å². The molecule has 0 bridgehead atoms. The monoisotopic (exact) mass is 544 g/mol. The van der Waals surface area contributed by atoms with Gasteiger partial charge in [-0.1, -0.05) is 49.6 Å². The van der Waals surface area contributed by atoms with Crippen molar-refractivity contribution in [3.05, 3.63) is 46.0 Å². The van der Waals surface area contributed by atoms with Crippen LogP contribution in [-0.2, 0) is 32.1 Å². The van der Waals surface area contributed by atoms with Gasteiger partial charge in [-0.2, -0.15) is 0 Å². The minimum atomic E-state index is -0.283. The smallest absolute Gasteiger partial charge is 0.662 e. The predicted octanol–water partition coefficient (Wildman–Crippen LogP) is -2.38. The summed E-state index contributed by atoms with van der Waals surface area (Å²) in [6.45, 7) is 8.05. The zero-order valence-electron chi connectivity index (χ0n) is 18.6. The van der Waals surface area contributed by atoms with Gasteiger partial charge in [-0.3, -0.25) is 9.59 Å². The molecular weight excluding hydrogens is 515 g/mol. The normalized spacial score (nSPS) is 10.1. The fourth-order valence-corrected chi connectivity index (χ4v) is 2.34. The van der Waals surface area contributed by atoms with Crippen LogP contribution >= 0.6 is 0 Å². The number of carbonyl (C=O) groups excluding carboxylic acids is 3. The first-order valence-electron chi connectivity index (χ1n) is 9.37. The summed E-state index contributed by atoms with van der Waals surface area (Å²) in [4.78, 5) is 34.3. The van der Waals surface area contributed by atoms with E-state index in [1.165, 1.54) is 6.92 Å². The third kappa shape index (κ3) is 18.8. The third-order valence-corrected chi connectivity index (χ3v) is 3.63. The number of Topliss-reactive ketones (excluding diaryl/α,β-unsaturated/α-hetero) is 2. The van der Waals surface area contributed by atoms with E-state index in [9.17, 15) is 14.4 Å². The number of benzene rings is 1. The Bertz CT molecular complexity index is 607. The van der Waals surface area contributed by atoms with Crippen LogP contribution in [0, 0.1) is 5.92 Å². The van der Waals surface area contributed by atoms with E-state index in [0.29, 0.717) is 12.5 Å². The van der Waals surface area contributed by atoms with Gasteiger partial charge >= 0.3 is 116 Å². The van der Waals surface area contributed by atoms with Crippen molar-refractivity contribution in [1.29, 1.82) is 0 Å². The Morgan fingerprint density at radius 3 is 2.24 bits per heavy atom. The van der Waals surface area contributed by atoms with Crippen LogP contribution in [0.25, 0.3) is 10.6 Å². The fraction of sp³-hybridized carbons (Fsp3) is 0.571. The van der Waals surface area contributed by atoms with Crippen molar-refractivity contribution in [3.63, 3.8) is 0 Å². The third-order valence-electron chi connectivity index (χ3n) is 3.63. The first-order valence-corrected chi connectivity index (χ1v) is 9.37. The number of carbonyl (C=O) groups is 3. The number of rotatable bonds is 14. The van der Waals surface area contributed by atoms with Crippen LogP contribution in [0.5, 0.6) is 0 Å². The summed E-state index contributed by atoms with van der Waals surface area (Å²) in [6, 6.07) is 7.32. The summed E-state index contributed by atoms with van der Waals surface area (Å²) in [6.07, 6.45) is 1.02. The van der Waals surface area contributed by atoms with E-state index in [4.69, 9.17) is 4.74 Å². The zero-order valence-corrected chi connectivity index (χ0v) is 28.4. The molecule has 0 aliphatic rings. The molecule has 8 heteroatoms. The van der Waals surface area contributed by atoms with E-state index in [-0.39, 0.29) is 160 Å². The Labute approximate surface area is 272 Å². The molecule has 0 aliphatic carbocycles. The average molecular weight is 545 g/mol. The first-order chi connectivity index (χ1) is 12.9. The molecule has 0 atom stereocenters. The maximum atomic E-state index is 11.7. The van der Waals surface area contributed by atoms with Crippen LogP contribution < -0.4 is 116 Å². The molecular formula is C21H30N2O4Rb2. The van der Waals surface area contributed by atoms with Crippen molar-refractivity contribution >= 4 is 17.5 Å². The maximum absolute atomic E-state index is 11.7. The number of nitrogens with zero attached hydrogens (tertiary/aromatic N) is 2. The molecule has 0 saturated heterocycles. The Morgan fingerprint density at radius 1 is 1.03 bits per heavy atom. The average Bonchev–Trinajstić information content (AvgIpc) is 2.59. The number of hydrogen-bond acceptors (Lipinski definition) is 4. The largest absolute Gasteiger partial charge is 1.00 e. The molecule has 0 N–H and O–H groups in total. The van der Waals surface area contributed by atoms with Gasteiger partial charge in [0.25, 0.3) is 0 Å². The second kappa shape index (κ2) is 20.2. The molecule has 0 radical (unpaired) electrons. The second-order valence-electron chi connectivity index (χ2n) is 7.05. The molecule has 0 saturated carbocycles. The molecule has 6 nitrogen and oxygen atoms in total. The predicted molar refractivity (Wildman–Crippen MR) is 106 cm³/mol. The molecule has 0 unspecified atom stereocenters. The van der Waals surface area contributed by atoms with Gasteiger partial charge in [0.2, 0.25) is 0 Å². The summed E-state index contributed by atoms with van der Waals surface area (Å²) < 4.78 is 5.32. The van der Waals surface area contributed by atoms with Crippen molar-refractivity contribution in [2.75, 3.05) is 26.3 Å². The van der Waals surface area contributed by atoms with E-state index >= 15 is 0 Å². The Kier molecular flexibility index (Phi) is 22.8. The maximum Gasteiger partial charge on any atom is 1.00 e. The van der Waals surface area contributed by atoms with Crippen molar-refractivity contribution in [3.8, 4) is 0 Å². The van der Waals surface area contributed by atoms with E-state index in [0.717, 1.165) is 30.6 Å². The summed E-state index contributed by atoms with van der Waals surface area (Å²) in [5.41, 5.74) is 1.74. The van der Waals surface area contributed by atoms with Gasteiger partial charge in [-0.15, -0.1) is 19.6 Å². The van der Waals surface area contributed by atoms with Gasteiger partial charge in [-0.05, 0) is 18.9 Å². The van der Waals surface area contributed by atoms with E-state index in [1.54, 1.807) is 0 Å². The first kappa shape index (κ1) is 32.7. The van der Waals surface area contributed by atoms with Gasteiger partial charge in [0.05, 0.1) is 18.9 Å². The number of ketones is 2. The van der Waals surface area contributed by atoms with Crippen molar-refractivity contribution in [2.45, 2.75) is 46.6 Å². The van der Waals surface area contributed by atoms with Gasteiger partial charge in [-0.25, -0.2) is 0 Å². The van der Waals surface area contributed by atoms with Crippen LogP contribution in [0.4, 0.5) is 0 Å². The SMILES string of the molecule is CC(=O)CC(=O)Cc1ccc(C[N-]C(=O)COCCC[N-]CC(C)C)cc1.[Rb+].[Rb+]. The van der Waals surface area contributed by atoms with Crippen LogP contribution in [0.1, 0.15) is 44.7 Å². The molecule has 150 valence electrons. The van der Waals surface area contributed by atoms with Gasteiger partial charge in [0.15, 0.2) is 0 Å². The molecule has 0 spiro atoms. The van der Waals surface area contributed by atoms with Gasteiger partial charge < -0.3 is 20.2 Å². The van der Waals surface area contributed by atoms with E-state index in [1.807, 2.05) is 24.3 Å². The van der Waals surface area contributed by atoms with Gasteiger partial charge in [0.1, 0.15) is 11.6 Å². The summed E-state index contributed by atoms with van der Waals surface area (Å²) in [5, 5.41) is 8.36. The topological polar surface area (TPSA) is 88.6 Å². The molecule has 29 heavy (non-hydrogen) atoms. The number of hydrogen-bond donors (Lipinski definition) is 0. The fourth-order valence-electron chi connectivity index (χ4n) is 2.34. The Morgan fingerprint density at radius 2 is 1.66 bits per heavy atom. The number of amides is 1. The minimum absolute atomic E-state index is 0. The molecule has 0 heterocycles. The number of ether oxygens (including phenoxy) is 1. The van der Waals surface area contributed by atoms with Crippen molar-refractivity contribution in [1.82, 2.24) is 0 Å². The minimum Gasteiger partial charge on any atom is -0.662 e. The van der Waals surface area contributed by atoms with E-state index in [2.05, 4.69) is 24.5 Å². The molecule has 1 aromatic rings. The molecule has 0 aromatic heterocycles. The van der Waals surface area contributed by atoms with Crippen LogP contribution in [0.2, 0.25) is 0 Å². The molecule has 1 amide bonds. The zero-order chi connectivity index (χ0) is 20.1. The van der Waals surface area contributed by atoms with Crippen LogP contribution in [0.15, 0.2) is 24.3 Å². The van der Waals surface area contributed by atoms with E-state index < -0.39 is 0 Å². The molecule has 1 aromatic carbocycles. The quantitative estimate of drug-likeness (QED) is 0.193. The standard InChI is InChI=1S/C21H31N2O4.2Rb/c1-16(2)13-22-9-4-10-27-15-21(26)23-14-19-7-5-18(6-8-19)12-20(25)11-17(3)24;;/h5-8,16H,4,9-15H2,1-3H3,(H,23,26);;/q-1;2*+1/p-1. The van der Waals surface area contributed by atoms with Crippen molar-refractivity contribution < 1.29 is 135 Å². The summed E-state index contributed by atoms with van der Waals surface area (Å²) >= 11 is 0.